The molecule has 0 amide bonds. The molecule has 1 aliphatic rings. The van der Waals surface area contributed by atoms with Crippen LogP contribution in [0, 0.1) is 0 Å². The molecule has 1 aromatic carbocycles. The summed E-state index contributed by atoms with van der Waals surface area (Å²) < 4.78 is 0. The van der Waals surface area contributed by atoms with Crippen molar-refractivity contribution in [3.05, 3.63) is 29.8 Å². The van der Waals surface area contributed by atoms with Crippen molar-refractivity contribution in [2.45, 2.75) is 12.5 Å². The van der Waals surface area contributed by atoms with Crippen molar-refractivity contribution in [2.24, 2.45) is 0 Å². The lowest BCUT2D eigenvalue weighted by atomic mass is 10.1. The maximum Gasteiger partial charge on any atom is 0.115 e. The van der Waals surface area contributed by atoms with Crippen molar-refractivity contribution in [1.29, 1.82) is 0 Å². The van der Waals surface area contributed by atoms with E-state index in [0.717, 1.165) is 19.6 Å². The zero-order chi connectivity index (χ0) is 9.80. The first-order valence-corrected chi connectivity index (χ1v) is 5.09. The predicted octanol–water partition coefficient (Wildman–Crippen LogP) is 1.02. The molecule has 1 heterocycles. The summed E-state index contributed by atoms with van der Waals surface area (Å²) in [5, 5.41) is 16.0. The second-order valence-electron chi connectivity index (χ2n) is 3.66. The Hall–Kier alpha value is -1.06. The molecule has 3 N–H and O–H groups in total. The first-order valence-electron chi connectivity index (χ1n) is 5.09. The SMILES string of the molecule is Oc1ccc(C2CNCCCN2)cc1. The van der Waals surface area contributed by atoms with Crippen LogP contribution >= 0.6 is 0 Å². The lowest BCUT2D eigenvalue weighted by Gasteiger charge is -2.15. The topological polar surface area (TPSA) is 44.3 Å². The highest BCUT2D eigenvalue weighted by Gasteiger charge is 2.12. The number of benzene rings is 1. The van der Waals surface area contributed by atoms with Gasteiger partial charge in [-0.15, -0.1) is 0 Å². The molecule has 0 saturated carbocycles. The summed E-state index contributed by atoms with van der Waals surface area (Å²) in [4.78, 5) is 0. The molecule has 0 spiro atoms. The van der Waals surface area contributed by atoms with Gasteiger partial charge >= 0.3 is 0 Å². The van der Waals surface area contributed by atoms with E-state index < -0.39 is 0 Å². The van der Waals surface area contributed by atoms with Gasteiger partial charge in [-0.05, 0) is 37.2 Å². The fourth-order valence-corrected chi connectivity index (χ4v) is 1.75. The maximum absolute atomic E-state index is 9.17. The Balaban J connectivity index is 2.08. The molecule has 2 rings (SSSR count). The van der Waals surface area contributed by atoms with Crippen molar-refractivity contribution < 1.29 is 5.11 Å². The van der Waals surface area contributed by atoms with Crippen LogP contribution in [0.15, 0.2) is 24.3 Å². The van der Waals surface area contributed by atoms with Crippen LogP contribution in [-0.2, 0) is 0 Å². The van der Waals surface area contributed by atoms with Crippen molar-refractivity contribution in [1.82, 2.24) is 10.6 Å². The highest BCUT2D eigenvalue weighted by Crippen LogP contribution is 2.17. The van der Waals surface area contributed by atoms with E-state index in [1.807, 2.05) is 12.1 Å². The zero-order valence-electron chi connectivity index (χ0n) is 8.16. The Bertz CT molecular complexity index is 276. The van der Waals surface area contributed by atoms with Crippen molar-refractivity contribution >= 4 is 0 Å². The third-order valence-electron chi connectivity index (χ3n) is 2.56. The largest absolute Gasteiger partial charge is 0.508 e. The summed E-state index contributed by atoms with van der Waals surface area (Å²) >= 11 is 0. The Morgan fingerprint density at radius 3 is 2.71 bits per heavy atom. The fraction of sp³-hybridized carbons (Fsp3) is 0.455. The monoisotopic (exact) mass is 192 g/mol. The Kier molecular flexibility index (Phi) is 3.01. The van der Waals surface area contributed by atoms with Gasteiger partial charge in [0.25, 0.3) is 0 Å². The van der Waals surface area contributed by atoms with E-state index in [2.05, 4.69) is 10.6 Å². The van der Waals surface area contributed by atoms with Crippen LogP contribution in [0.2, 0.25) is 0 Å². The van der Waals surface area contributed by atoms with E-state index in [4.69, 9.17) is 0 Å². The van der Waals surface area contributed by atoms with Crippen LogP contribution in [0.3, 0.4) is 0 Å². The van der Waals surface area contributed by atoms with E-state index in [0.29, 0.717) is 11.8 Å². The van der Waals surface area contributed by atoms with Crippen LogP contribution in [0.1, 0.15) is 18.0 Å². The third kappa shape index (κ3) is 2.25. The second kappa shape index (κ2) is 4.44. The molecule has 0 aliphatic carbocycles. The standard InChI is InChI=1S/C11H16N2O/c14-10-4-2-9(3-5-10)11-8-12-6-1-7-13-11/h2-5,11-14H,1,6-8H2. The lowest BCUT2D eigenvalue weighted by molar-refractivity contribution is 0.474. The number of aromatic hydroxyl groups is 1. The van der Waals surface area contributed by atoms with E-state index in [9.17, 15) is 5.11 Å². The van der Waals surface area contributed by atoms with Crippen LogP contribution in [0.5, 0.6) is 5.75 Å². The number of hydrogen-bond acceptors (Lipinski definition) is 3. The Labute approximate surface area is 84.1 Å². The van der Waals surface area contributed by atoms with Gasteiger partial charge in [0.05, 0.1) is 0 Å². The zero-order valence-corrected chi connectivity index (χ0v) is 8.16. The summed E-state index contributed by atoms with van der Waals surface area (Å²) in [6, 6.07) is 7.79. The molecule has 0 radical (unpaired) electrons. The average molecular weight is 192 g/mol. The molecule has 3 nitrogen and oxygen atoms in total. The van der Waals surface area contributed by atoms with Gasteiger partial charge < -0.3 is 15.7 Å². The van der Waals surface area contributed by atoms with Gasteiger partial charge in [-0.25, -0.2) is 0 Å². The number of rotatable bonds is 1. The minimum absolute atomic E-state index is 0.329. The molecule has 0 bridgehead atoms. The van der Waals surface area contributed by atoms with Crippen LogP contribution in [0.25, 0.3) is 0 Å². The average Bonchev–Trinajstić information content (AvgIpc) is 2.47. The molecule has 3 heteroatoms. The van der Waals surface area contributed by atoms with E-state index in [1.165, 1.54) is 12.0 Å². The maximum atomic E-state index is 9.17. The van der Waals surface area contributed by atoms with Gasteiger partial charge in [0.1, 0.15) is 5.75 Å². The molecular formula is C11H16N2O. The van der Waals surface area contributed by atoms with Crippen LogP contribution in [-0.4, -0.2) is 24.7 Å². The van der Waals surface area contributed by atoms with Gasteiger partial charge in [0.2, 0.25) is 0 Å². The minimum atomic E-state index is 0.329. The fourth-order valence-electron chi connectivity index (χ4n) is 1.75. The normalized spacial score (nSPS) is 23.0. The van der Waals surface area contributed by atoms with Crippen molar-refractivity contribution in [2.75, 3.05) is 19.6 Å². The first kappa shape index (κ1) is 9.49. The van der Waals surface area contributed by atoms with Crippen LogP contribution < -0.4 is 10.6 Å². The summed E-state index contributed by atoms with van der Waals surface area (Å²) in [5.41, 5.74) is 1.23. The summed E-state index contributed by atoms with van der Waals surface area (Å²) in [7, 11) is 0. The molecule has 1 atom stereocenters. The molecule has 14 heavy (non-hydrogen) atoms. The minimum Gasteiger partial charge on any atom is -0.508 e. The predicted molar refractivity (Wildman–Crippen MR) is 56.3 cm³/mol. The van der Waals surface area contributed by atoms with Crippen LogP contribution in [0.4, 0.5) is 0 Å². The second-order valence-corrected chi connectivity index (χ2v) is 3.66. The molecule has 1 aliphatic heterocycles. The van der Waals surface area contributed by atoms with Crippen molar-refractivity contribution in [3.63, 3.8) is 0 Å². The van der Waals surface area contributed by atoms with Gasteiger partial charge in [-0.2, -0.15) is 0 Å². The summed E-state index contributed by atoms with van der Waals surface area (Å²) in [5.74, 6) is 0.329. The van der Waals surface area contributed by atoms with Gasteiger partial charge in [-0.1, -0.05) is 12.1 Å². The lowest BCUT2D eigenvalue weighted by Crippen LogP contribution is -2.27. The van der Waals surface area contributed by atoms with Gasteiger partial charge in [-0.3, -0.25) is 0 Å². The van der Waals surface area contributed by atoms with Gasteiger partial charge in [0, 0.05) is 12.6 Å². The highest BCUT2D eigenvalue weighted by atomic mass is 16.3. The number of hydrogen-bond donors (Lipinski definition) is 3. The summed E-state index contributed by atoms with van der Waals surface area (Å²) in [6.45, 7) is 3.10. The summed E-state index contributed by atoms with van der Waals surface area (Å²) in [6.07, 6.45) is 1.18. The molecule has 1 aromatic rings. The quantitative estimate of drug-likeness (QED) is 0.622. The first-order chi connectivity index (χ1) is 6.86. The molecule has 1 fully saturated rings. The number of nitrogens with one attached hydrogen (secondary N) is 2. The molecule has 1 unspecified atom stereocenters. The van der Waals surface area contributed by atoms with E-state index in [1.54, 1.807) is 12.1 Å². The van der Waals surface area contributed by atoms with Gasteiger partial charge in [0.15, 0.2) is 0 Å². The smallest absolute Gasteiger partial charge is 0.115 e. The Morgan fingerprint density at radius 2 is 1.93 bits per heavy atom. The Morgan fingerprint density at radius 1 is 1.14 bits per heavy atom. The van der Waals surface area contributed by atoms with E-state index in [-0.39, 0.29) is 0 Å². The van der Waals surface area contributed by atoms with Crippen molar-refractivity contribution in [3.8, 4) is 5.75 Å². The third-order valence-corrected chi connectivity index (χ3v) is 2.56. The molecule has 0 aromatic heterocycles. The highest BCUT2D eigenvalue weighted by molar-refractivity contribution is 5.28. The van der Waals surface area contributed by atoms with E-state index >= 15 is 0 Å². The number of phenolic OH excluding ortho intramolecular Hbond substituents is 1. The number of phenols is 1. The molecule has 1 saturated heterocycles. The molecular weight excluding hydrogens is 176 g/mol. The molecule has 76 valence electrons.